The molecule has 0 unspecified atom stereocenters. The molecule has 7 nitrogen and oxygen atoms in total. The van der Waals surface area contributed by atoms with E-state index in [0.29, 0.717) is 22.8 Å². The second kappa shape index (κ2) is 9.32. The van der Waals surface area contributed by atoms with Crippen molar-refractivity contribution in [2.75, 3.05) is 24.9 Å². The van der Waals surface area contributed by atoms with Gasteiger partial charge in [-0.25, -0.2) is 15.0 Å². The summed E-state index contributed by atoms with van der Waals surface area (Å²) in [5.41, 5.74) is 6.63. The van der Waals surface area contributed by atoms with Crippen LogP contribution in [0.3, 0.4) is 0 Å². The Labute approximate surface area is 205 Å². The summed E-state index contributed by atoms with van der Waals surface area (Å²) in [6.07, 6.45) is 0. The maximum absolute atomic E-state index is 6.22. The largest absolute Gasteiger partial charge is 0.493 e. The number of rotatable bonds is 7. The molecule has 0 aliphatic heterocycles. The molecule has 3 aromatic carbocycles. The van der Waals surface area contributed by atoms with Gasteiger partial charge in [0.15, 0.2) is 11.5 Å². The fourth-order valence-corrected chi connectivity index (χ4v) is 4.70. The molecule has 9 heteroatoms. The highest BCUT2D eigenvalue weighted by atomic mass is 35.5. The fraction of sp³-hybridized carbons (Fsp3) is 0.160. The number of fused-ring (bicyclic) bond motifs is 2. The lowest BCUT2D eigenvalue weighted by atomic mass is 10.1. The second-order valence-corrected chi connectivity index (χ2v) is 8.94. The average molecular weight is 492 g/mol. The first kappa shape index (κ1) is 22.2. The molecule has 0 saturated carbocycles. The van der Waals surface area contributed by atoms with E-state index in [1.807, 2.05) is 35.8 Å². The van der Waals surface area contributed by atoms with Crippen LogP contribution in [-0.2, 0) is 0 Å². The number of hydrogen-bond acceptors (Lipinski definition) is 8. The van der Waals surface area contributed by atoms with Crippen LogP contribution in [0.1, 0.15) is 18.5 Å². The highest BCUT2D eigenvalue weighted by molar-refractivity contribution is 7.16. The van der Waals surface area contributed by atoms with Crippen LogP contribution in [-0.4, -0.2) is 29.2 Å². The number of nitrogens with one attached hydrogen (secondary N) is 2. The minimum absolute atomic E-state index is 0.0482. The van der Waals surface area contributed by atoms with Crippen molar-refractivity contribution in [3.05, 3.63) is 71.0 Å². The van der Waals surface area contributed by atoms with Crippen molar-refractivity contribution in [2.45, 2.75) is 13.0 Å². The molecule has 0 saturated heterocycles. The Balaban J connectivity index is 1.42. The van der Waals surface area contributed by atoms with E-state index in [1.54, 1.807) is 31.6 Å². The van der Waals surface area contributed by atoms with Gasteiger partial charge in [0.25, 0.3) is 0 Å². The number of ether oxygens (including phenoxy) is 2. The molecule has 2 N–H and O–H groups in total. The molecule has 172 valence electrons. The predicted molar refractivity (Wildman–Crippen MR) is 139 cm³/mol. The minimum atomic E-state index is -0.0482. The highest BCUT2D eigenvalue weighted by Crippen LogP contribution is 2.36. The van der Waals surface area contributed by atoms with E-state index in [2.05, 4.69) is 50.7 Å². The fourth-order valence-electron chi connectivity index (χ4n) is 3.81. The zero-order valence-electron chi connectivity index (χ0n) is 18.8. The normalized spacial score (nSPS) is 12.0. The van der Waals surface area contributed by atoms with Crippen molar-refractivity contribution in [3.8, 4) is 11.5 Å². The van der Waals surface area contributed by atoms with Crippen molar-refractivity contribution >= 4 is 61.2 Å². The van der Waals surface area contributed by atoms with E-state index < -0.39 is 0 Å². The smallest absolute Gasteiger partial charge is 0.224 e. The maximum atomic E-state index is 6.22. The molecular weight excluding hydrogens is 470 g/mol. The summed E-state index contributed by atoms with van der Waals surface area (Å²) in [5.74, 6) is 1.80. The van der Waals surface area contributed by atoms with Gasteiger partial charge in [0.2, 0.25) is 5.28 Å². The van der Waals surface area contributed by atoms with Gasteiger partial charge < -0.3 is 20.1 Å². The van der Waals surface area contributed by atoms with E-state index in [4.69, 9.17) is 21.1 Å². The van der Waals surface area contributed by atoms with Crippen LogP contribution in [0, 0.1) is 0 Å². The lowest BCUT2D eigenvalue weighted by molar-refractivity contribution is 0.356. The molecule has 0 aliphatic rings. The van der Waals surface area contributed by atoms with E-state index in [0.717, 1.165) is 32.5 Å². The molecule has 0 spiro atoms. The van der Waals surface area contributed by atoms with Crippen LogP contribution in [0.4, 0.5) is 17.2 Å². The predicted octanol–water partition coefficient (Wildman–Crippen LogP) is 6.83. The Hall–Kier alpha value is -3.62. The number of methoxy groups -OCH3 is 2. The van der Waals surface area contributed by atoms with Crippen LogP contribution in [0.2, 0.25) is 5.28 Å². The van der Waals surface area contributed by atoms with E-state index in [9.17, 15) is 0 Å². The molecule has 0 amide bonds. The van der Waals surface area contributed by atoms with Gasteiger partial charge in [-0.15, -0.1) is 11.3 Å². The molecule has 5 rings (SSSR count). The number of halogens is 1. The molecular formula is C25H22ClN5O2S. The standard InChI is InChI=1S/C25H22ClN5O2S/c1-14(28-24-18-11-21(32-2)22(33-3)12-20(18)30-25(26)31-24)15-5-4-6-16(9-15)29-17-7-8-19-23(10-17)34-13-27-19/h4-14,29H,1-3H3,(H,28,30,31)/t14-/m1/s1. The van der Waals surface area contributed by atoms with Crippen molar-refractivity contribution in [1.29, 1.82) is 0 Å². The number of benzene rings is 3. The van der Waals surface area contributed by atoms with Gasteiger partial charge in [-0.2, -0.15) is 0 Å². The van der Waals surface area contributed by atoms with Crippen molar-refractivity contribution in [2.24, 2.45) is 0 Å². The van der Waals surface area contributed by atoms with Crippen LogP contribution < -0.4 is 20.1 Å². The average Bonchev–Trinajstić information content (AvgIpc) is 3.31. The zero-order chi connectivity index (χ0) is 23.7. The molecule has 34 heavy (non-hydrogen) atoms. The summed E-state index contributed by atoms with van der Waals surface area (Å²) in [6, 6.07) is 18.0. The summed E-state index contributed by atoms with van der Waals surface area (Å²) in [4.78, 5) is 13.1. The topological polar surface area (TPSA) is 81.2 Å². The third-order valence-corrected chi connectivity index (χ3v) is 6.49. The highest BCUT2D eigenvalue weighted by Gasteiger charge is 2.15. The number of anilines is 3. The van der Waals surface area contributed by atoms with Gasteiger partial charge in [-0.3, -0.25) is 0 Å². The molecule has 0 bridgehead atoms. The van der Waals surface area contributed by atoms with Gasteiger partial charge in [0, 0.05) is 22.8 Å². The van der Waals surface area contributed by atoms with Gasteiger partial charge in [-0.05, 0) is 60.5 Å². The summed E-state index contributed by atoms with van der Waals surface area (Å²) >= 11 is 7.85. The lowest BCUT2D eigenvalue weighted by Gasteiger charge is -2.18. The SMILES string of the molecule is COc1cc2nc(Cl)nc(N[C@H](C)c3cccc(Nc4ccc5ncsc5c4)c3)c2cc1OC. The quantitative estimate of drug-likeness (QED) is 0.241. The molecule has 0 radical (unpaired) electrons. The minimum Gasteiger partial charge on any atom is -0.493 e. The Bertz CT molecular complexity index is 1490. The monoisotopic (exact) mass is 491 g/mol. The number of thiazole rings is 1. The summed E-state index contributed by atoms with van der Waals surface area (Å²) in [7, 11) is 3.19. The van der Waals surface area contributed by atoms with Crippen molar-refractivity contribution in [3.63, 3.8) is 0 Å². The first-order valence-electron chi connectivity index (χ1n) is 10.6. The first-order valence-corrected chi connectivity index (χ1v) is 11.9. The van der Waals surface area contributed by atoms with E-state index in [-0.39, 0.29) is 11.3 Å². The first-order chi connectivity index (χ1) is 16.5. The van der Waals surface area contributed by atoms with Crippen LogP contribution in [0.25, 0.3) is 21.1 Å². The molecule has 2 heterocycles. The van der Waals surface area contributed by atoms with Crippen LogP contribution in [0.15, 0.2) is 60.1 Å². The summed E-state index contributed by atoms with van der Waals surface area (Å²) in [6.45, 7) is 2.07. The van der Waals surface area contributed by atoms with Gasteiger partial charge in [-0.1, -0.05) is 12.1 Å². The van der Waals surface area contributed by atoms with E-state index in [1.165, 1.54) is 0 Å². The Morgan fingerprint density at radius 1 is 0.912 bits per heavy atom. The summed E-state index contributed by atoms with van der Waals surface area (Å²) in [5, 5.41) is 7.91. The second-order valence-electron chi connectivity index (χ2n) is 7.72. The Kier molecular flexibility index (Phi) is 6.08. The third kappa shape index (κ3) is 4.42. The number of hydrogen-bond donors (Lipinski definition) is 2. The molecule has 2 aromatic heterocycles. The third-order valence-electron chi connectivity index (χ3n) is 5.53. The van der Waals surface area contributed by atoms with Gasteiger partial charge in [0.1, 0.15) is 5.82 Å². The lowest BCUT2D eigenvalue weighted by Crippen LogP contribution is -2.09. The molecule has 0 aliphatic carbocycles. The molecule has 1 atom stereocenters. The molecule has 5 aromatic rings. The summed E-state index contributed by atoms with van der Waals surface area (Å²) < 4.78 is 12.0. The number of aromatic nitrogens is 3. The van der Waals surface area contributed by atoms with Gasteiger partial charge >= 0.3 is 0 Å². The number of nitrogens with zero attached hydrogens (tertiary/aromatic N) is 3. The van der Waals surface area contributed by atoms with Crippen LogP contribution >= 0.6 is 22.9 Å². The van der Waals surface area contributed by atoms with Crippen LogP contribution in [0.5, 0.6) is 11.5 Å². The Morgan fingerprint density at radius 3 is 2.53 bits per heavy atom. The zero-order valence-corrected chi connectivity index (χ0v) is 20.4. The maximum Gasteiger partial charge on any atom is 0.224 e. The van der Waals surface area contributed by atoms with Gasteiger partial charge in [0.05, 0.1) is 41.5 Å². The van der Waals surface area contributed by atoms with Crippen molar-refractivity contribution < 1.29 is 9.47 Å². The van der Waals surface area contributed by atoms with E-state index >= 15 is 0 Å². The molecule has 0 fully saturated rings. The Morgan fingerprint density at radius 2 is 1.71 bits per heavy atom. The van der Waals surface area contributed by atoms with Crippen molar-refractivity contribution in [1.82, 2.24) is 15.0 Å².